The molecule has 2 fully saturated rings. The van der Waals surface area contributed by atoms with Crippen LogP contribution in [0.15, 0.2) is 0 Å². The normalized spacial score (nSPS) is 29.7. The maximum Gasteiger partial charge on any atom is 0.232 e. The Morgan fingerprint density at radius 3 is 2.23 bits per heavy atom. The van der Waals surface area contributed by atoms with Crippen LogP contribution in [0.2, 0.25) is 5.28 Å². The molecular weight excluding hydrogens is 306 g/mol. The summed E-state index contributed by atoms with van der Waals surface area (Å²) >= 11 is 6.15. The highest BCUT2D eigenvalue weighted by molar-refractivity contribution is 6.28. The van der Waals surface area contributed by atoms with Crippen molar-refractivity contribution in [1.29, 1.82) is 0 Å². The van der Waals surface area contributed by atoms with E-state index in [9.17, 15) is 0 Å². The number of nitrogens with zero attached hydrogens (tertiary/aromatic N) is 5. The van der Waals surface area contributed by atoms with Gasteiger partial charge in [-0.3, -0.25) is 0 Å². The number of anilines is 2. The number of hydrogen-bond acceptors (Lipinski definition) is 7. The molecule has 2 saturated heterocycles. The lowest BCUT2D eigenvalue weighted by Crippen LogP contribution is -2.51. The third-order valence-corrected chi connectivity index (χ3v) is 4.28. The van der Waals surface area contributed by atoms with Crippen molar-refractivity contribution in [2.75, 3.05) is 42.8 Å². The summed E-state index contributed by atoms with van der Waals surface area (Å²) in [4.78, 5) is 17.6. The first kappa shape index (κ1) is 15.7. The minimum absolute atomic E-state index is 0.206. The zero-order valence-electron chi connectivity index (χ0n) is 13.2. The third-order valence-electron chi connectivity index (χ3n) is 4.11. The summed E-state index contributed by atoms with van der Waals surface area (Å²) in [7, 11) is 0. The first-order valence-electron chi connectivity index (χ1n) is 7.68. The average molecular weight is 328 g/mol. The topological polar surface area (TPSA) is 63.6 Å². The van der Waals surface area contributed by atoms with E-state index < -0.39 is 0 Å². The molecule has 7 nitrogen and oxygen atoms in total. The van der Waals surface area contributed by atoms with Crippen molar-refractivity contribution in [3.8, 4) is 0 Å². The summed E-state index contributed by atoms with van der Waals surface area (Å²) in [5.74, 6) is 1.24. The second-order valence-electron chi connectivity index (χ2n) is 5.96. The van der Waals surface area contributed by atoms with Crippen LogP contribution in [0.1, 0.15) is 20.8 Å². The van der Waals surface area contributed by atoms with E-state index in [2.05, 4.69) is 45.5 Å². The number of rotatable bonds is 2. The Labute approximate surface area is 135 Å². The van der Waals surface area contributed by atoms with Crippen LogP contribution in [0, 0.1) is 0 Å². The van der Waals surface area contributed by atoms with E-state index in [1.807, 2.05) is 0 Å². The van der Waals surface area contributed by atoms with Crippen LogP contribution < -0.4 is 9.80 Å². The van der Waals surface area contributed by atoms with Crippen molar-refractivity contribution >= 4 is 23.5 Å². The SMILES string of the molecule is C[C@@H]1COCCN1c1nc(Cl)nc(N2[C@H](C)COC[C@H]2C)n1. The number of halogens is 1. The first-order chi connectivity index (χ1) is 10.6. The quantitative estimate of drug-likeness (QED) is 0.812. The highest BCUT2D eigenvalue weighted by Crippen LogP contribution is 2.24. The zero-order valence-corrected chi connectivity index (χ0v) is 14.0. The molecule has 0 saturated carbocycles. The van der Waals surface area contributed by atoms with Gasteiger partial charge in [-0.25, -0.2) is 0 Å². The van der Waals surface area contributed by atoms with E-state index in [1.54, 1.807) is 0 Å². The van der Waals surface area contributed by atoms with E-state index in [4.69, 9.17) is 21.1 Å². The van der Waals surface area contributed by atoms with Crippen LogP contribution in [-0.2, 0) is 9.47 Å². The van der Waals surface area contributed by atoms with Gasteiger partial charge in [0, 0.05) is 6.54 Å². The molecule has 122 valence electrons. The van der Waals surface area contributed by atoms with Gasteiger partial charge in [-0.05, 0) is 32.4 Å². The Balaban J connectivity index is 1.92. The lowest BCUT2D eigenvalue weighted by Gasteiger charge is -2.39. The van der Waals surface area contributed by atoms with Gasteiger partial charge in [0.15, 0.2) is 0 Å². The van der Waals surface area contributed by atoms with Gasteiger partial charge in [-0.1, -0.05) is 0 Å². The Hall–Kier alpha value is -1.18. The molecule has 8 heteroatoms. The molecule has 0 aromatic carbocycles. The van der Waals surface area contributed by atoms with Gasteiger partial charge in [-0.2, -0.15) is 15.0 Å². The van der Waals surface area contributed by atoms with Crippen molar-refractivity contribution < 1.29 is 9.47 Å². The molecule has 3 heterocycles. The number of ether oxygens (including phenoxy) is 2. The van der Waals surface area contributed by atoms with E-state index in [-0.39, 0.29) is 23.4 Å². The number of morpholine rings is 2. The van der Waals surface area contributed by atoms with Crippen molar-refractivity contribution in [3.05, 3.63) is 5.28 Å². The summed E-state index contributed by atoms with van der Waals surface area (Å²) in [6.45, 7) is 9.73. The molecule has 22 heavy (non-hydrogen) atoms. The van der Waals surface area contributed by atoms with Gasteiger partial charge in [0.25, 0.3) is 0 Å². The van der Waals surface area contributed by atoms with Gasteiger partial charge in [0.2, 0.25) is 17.2 Å². The van der Waals surface area contributed by atoms with Crippen molar-refractivity contribution in [1.82, 2.24) is 15.0 Å². The first-order valence-corrected chi connectivity index (χ1v) is 8.06. The molecular formula is C14H22ClN5O2. The Morgan fingerprint density at radius 1 is 0.909 bits per heavy atom. The smallest absolute Gasteiger partial charge is 0.232 e. The van der Waals surface area contributed by atoms with E-state index in [0.29, 0.717) is 38.3 Å². The maximum absolute atomic E-state index is 6.15. The van der Waals surface area contributed by atoms with Gasteiger partial charge in [0.1, 0.15) is 0 Å². The highest BCUT2D eigenvalue weighted by atomic mass is 35.5. The van der Waals surface area contributed by atoms with Gasteiger partial charge < -0.3 is 19.3 Å². The molecule has 0 N–H and O–H groups in total. The van der Waals surface area contributed by atoms with E-state index >= 15 is 0 Å². The molecule has 0 radical (unpaired) electrons. The average Bonchev–Trinajstić information content (AvgIpc) is 2.47. The lowest BCUT2D eigenvalue weighted by molar-refractivity contribution is 0.0746. The number of aromatic nitrogens is 3. The van der Waals surface area contributed by atoms with Crippen molar-refractivity contribution in [3.63, 3.8) is 0 Å². The fourth-order valence-electron chi connectivity index (χ4n) is 3.00. The second-order valence-corrected chi connectivity index (χ2v) is 6.30. The zero-order chi connectivity index (χ0) is 15.7. The van der Waals surface area contributed by atoms with Gasteiger partial charge in [-0.15, -0.1) is 0 Å². The molecule has 0 bridgehead atoms. The summed E-state index contributed by atoms with van der Waals surface area (Å²) in [5, 5.41) is 0.226. The minimum Gasteiger partial charge on any atom is -0.377 e. The lowest BCUT2D eigenvalue weighted by atomic mass is 10.2. The molecule has 0 amide bonds. The predicted molar refractivity (Wildman–Crippen MR) is 84.7 cm³/mol. The number of hydrogen-bond donors (Lipinski definition) is 0. The fraction of sp³-hybridized carbons (Fsp3) is 0.786. The standard InChI is InChI=1S/C14H22ClN5O2/c1-9-6-21-5-4-19(9)13-16-12(15)17-14(18-13)20-10(2)7-22-8-11(20)3/h9-11H,4-8H2,1-3H3/t9-,10-,11-/m1/s1. The highest BCUT2D eigenvalue weighted by Gasteiger charge is 2.30. The van der Waals surface area contributed by atoms with Gasteiger partial charge >= 0.3 is 0 Å². The van der Waals surface area contributed by atoms with Crippen LogP contribution in [-0.4, -0.2) is 66.0 Å². The second kappa shape index (κ2) is 6.52. The third kappa shape index (κ3) is 3.11. The summed E-state index contributed by atoms with van der Waals surface area (Å²) in [5.41, 5.74) is 0. The Bertz CT molecular complexity index is 522. The molecule has 1 aromatic rings. The van der Waals surface area contributed by atoms with Crippen LogP contribution in [0.3, 0.4) is 0 Å². The summed E-state index contributed by atoms with van der Waals surface area (Å²) in [6.07, 6.45) is 0. The molecule has 3 atom stereocenters. The molecule has 2 aliphatic heterocycles. The Morgan fingerprint density at radius 2 is 1.55 bits per heavy atom. The van der Waals surface area contributed by atoms with Crippen LogP contribution in [0.5, 0.6) is 0 Å². The predicted octanol–water partition coefficient (Wildman–Crippen LogP) is 1.36. The minimum atomic E-state index is 0.206. The largest absolute Gasteiger partial charge is 0.377 e. The van der Waals surface area contributed by atoms with Crippen molar-refractivity contribution in [2.24, 2.45) is 0 Å². The fourth-order valence-corrected chi connectivity index (χ4v) is 3.15. The maximum atomic E-state index is 6.15. The van der Waals surface area contributed by atoms with Crippen LogP contribution in [0.4, 0.5) is 11.9 Å². The molecule has 1 aromatic heterocycles. The summed E-state index contributed by atoms with van der Waals surface area (Å²) in [6, 6.07) is 0.633. The monoisotopic (exact) mass is 327 g/mol. The molecule has 3 rings (SSSR count). The molecule has 2 aliphatic rings. The van der Waals surface area contributed by atoms with Gasteiger partial charge in [0.05, 0.1) is 44.6 Å². The van der Waals surface area contributed by atoms with Crippen LogP contribution >= 0.6 is 11.6 Å². The Kier molecular flexibility index (Phi) is 4.65. The van der Waals surface area contributed by atoms with E-state index in [0.717, 1.165) is 6.54 Å². The molecule has 0 unspecified atom stereocenters. The molecule has 0 spiro atoms. The van der Waals surface area contributed by atoms with Crippen molar-refractivity contribution in [2.45, 2.75) is 38.9 Å². The molecule has 0 aliphatic carbocycles. The van der Waals surface area contributed by atoms with Crippen LogP contribution in [0.25, 0.3) is 0 Å². The summed E-state index contributed by atoms with van der Waals surface area (Å²) < 4.78 is 11.0. The van der Waals surface area contributed by atoms with E-state index in [1.165, 1.54) is 0 Å².